The summed E-state index contributed by atoms with van der Waals surface area (Å²) in [4.78, 5) is 0. The summed E-state index contributed by atoms with van der Waals surface area (Å²) in [5, 5.41) is 17.7. The second-order valence-electron chi connectivity index (χ2n) is 3.04. The molecule has 0 aliphatic rings. The van der Waals surface area contributed by atoms with Crippen LogP contribution in [0.15, 0.2) is 12.1 Å². The maximum Gasteiger partial charge on any atom is 0.491 e. The fraction of sp³-hybridized carbons (Fsp3) is 0.333. The van der Waals surface area contributed by atoms with E-state index in [2.05, 4.69) is 0 Å². The minimum absolute atomic E-state index is 0.0446. The standard InChI is InChI=1S/C9H12BFO2/c1-3-7-4-6(2)9(11)8(5-7)10(12)13/h4-5,12-13H,3H2,1-2H3. The zero-order valence-electron chi connectivity index (χ0n) is 7.71. The van der Waals surface area contributed by atoms with Crippen molar-refractivity contribution in [2.75, 3.05) is 0 Å². The summed E-state index contributed by atoms with van der Waals surface area (Å²) in [6.45, 7) is 3.54. The highest BCUT2D eigenvalue weighted by atomic mass is 19.1. The van der Waals surface area contributed by atoms with Gasteiger partial charge in [-0.25, -0.2) is 4.39 Å². The maximum absolute atomic E-state index is 13.2. The minimum atomic E-state index is -1.73. The van der Waals surface area contributed by atoms with E-state index >= 15 is 0 Å². The molecule has 0 saturated heterocycles. The molecule has 1 aromatic rings. The van der Waals surface area contributed by atoms with E-state index in [0.717, 1.165) is 12.0 Å². The number of hydrogen-bond donors (Lipinski definition) is 2. The van der Waals surface area contributed by atoms with Gasteiger partial charge in [-0.15, -0.1) is 0 Å². The second kappa shape index (κ2) is 3.90. The van der Waals surface area contributed by atoms with Crippen LogP contribution in [0, 0.1) is 12.7 Å². The van der Waals surface area contributed by atoms with Crippen molar-refractivity contribution in [2.24, 2.45) is 0 Å². The Kier molecular flexibility index (Phi) is 3.06. The van der Waals surface area contributed by atoms with E-state index in [1.807, 2.05) is 6.92 Å². The van der Waals surface area contributed by atoms with Gasteiger partial charge in [0.15, 0.2) is 0 Å². The summed E-state index contributed by atoms with van der Waals surface area (Å²) in [5.41, 5.74) is 1.31. The highest BCUT2D eigenvalue weighted by Gasteiger charge is 2.18. The number of benzene rings is 1. The Morgan fingerprint density at radius 3 is 2.46 bits per heavy atom. The summed E-state index contributed by atoms with van der Waals surface area (Å²) in [6.07, 6.45) is 0.751. The molecule has 1 aromatic carbocycles. The van der Waals surface area contributed by atoms with Crippen LogP contribution in [0.3, 0.4) is 0 Å². The van der Waals surface area contributed by atoms with Gasteiger partial charge in [-0.05, 0) is 24.5 Å². The first-order valence-electron chi connectivity index (χ1n) is 4.21. The lowest BCUT2D eigenvalue weighted by Gasteiger charge is -2.07. The lowest BCUT2D eigenvalue weighted by atomic mass is 9.78. The second-order valence-corrected chi connectivity index (χ2v) is 3.04. The smallest absolute Gasteiger partial charge is 0.423 e. The largest absolute Gasteiger partial charge is 0.491 e. The number of halogens is 1. The Bertz CT molecular complexity index is 313. The highest BCUT2D eigenvalue weighted by molar-refractivity contribution is 6.58. The van der Waals surface area contributed by atoms with Gasteiger partial charge in [0.05, 0.1) is 0 Å². The Morgan fingerprint density at radius 1 is 1.38 bits per heavy atom. The van der Waals surface area contributed by atoms with Gasteiger partial charge in [0.2, 0.25) is 0 Å². The van der Waals surface area contributed by atoms with E-state index in [-0.39, 0.29) is 5.46 Å². The van der Waals surface area contributed by atoms with Crippen LogP contribution in [-0.4, -0.2) is 17.2 Å². The molecule has 0 bridgehead atoms. The van der Waals surface area contributed by atoms with Crippen molar-refractivity contribution >= 4 is 12.6 Å². The molecule has 0 unspecified atom stereocenters. The SMILES string of the molecule is CCc1cc(C)c(F)c(B(O)O)c1. The molecule has 2 N–H and O–H groups in total. The van der Waals surface area contributed by atoms with Crippen LogP contribution in [-0.2, 0) is 6.42 Å². The molecule has 2 nitrogen and oxygen atoms in total. The first-order valence-corrected chi connectivity index (χ1v) is 4.21. The summed E-state index contributed by atoms with van der Waals surface area (Å²) < 4.78 is 13.2. The Balaban J connectivity index is 3.25. The molecule has 0 heterocycles. The summed E-state index contributed by atoms with van der Waals surface area (Å²) in [5.74, 6) is -0.535. The molecule has 0 atom stereocenters. The van der Waals surface area contributed by atoms with E-state index < -0.39 is 12.9 Å². The van der Waals surface area contributed by atoms with Gasteiger partial charge in [-0.1, -0.05) is 19.1 Å². The Morgan fingerprint density at radius 2 is 2.00 bits per heavy atom. The number of rotatable bonds is 2. The molecule has 0 amide bonds. The molecule has 70 valence electrons. The lowest BCUT2D eigenvalue weighted by Crippen LogP contribution is -2.33. The first kappa shape index (κ1) is 10.2. The van der Waals surface area contributed by atoms with E-state index in [4.69, 9.17) is 10.0 Å². The molecule has 4 heteroatoms. The molecule has 0 aromatic heterocycles. The monoisotopic (exact) mass is 182 g/mol. The number of hydrogen-bond acceptors (Lipinski definition) is 2. The predicted molar refractivity (Wildman–Crippen MR) is 50.3 cm³/mol. The summed E-state index contributed by atoms with van der Waals surface area (Å²) in [6, 6.07) is 3.19. The molecule has 13 heavy (non-hydrogen) atoms. The summed E-state index contributed by atoms with van der Waals surface area (Å²) in [7, 11) is -1.73. The zero-order valence-corrected chi connectivity index (χ0v) is 7.71. The van der Waals surface area contributed by atoms with Crippen LogP contribution in [0.1, 0.15) is 18.1 Å². The molecule has 0 saturated carbocycles. The topological polar surface area (TPSA) is 40.5 Å². The first-order chi connectivity index (χ1) is 6.06. The van der Waals surface area contributed by atoms with Gasteiger partial charge in [0.1, 0.15) is 5.82 Å². The van der Waals surface area contributed by atoms with Crippen LogP contribution in [0.5, 0.6) is 0 Å². The van der Waals surface area contributed by atoms with E-state index in [0.29, 0.717) is 5.56 Å². The average molecular weight is 182 g/mol. The third-order valence-corrected chi connectivity index (χ3v) is 2.03. The molecule has 0 aliphatic carbocycles. The van der Waals surface area contributed by atoms with Gasteiger partial charge < -0.3 is 10.0 Å². The van der Waals surface area contributed by atoms with Crippen LogP contribution < -0.4 is 5.46 Å². The molecular formula is C9H12BFO2. The predicted octanol–water partition coefficient (Wildman–Crippen LogP) is 0.376. The maximum atomic E-state index is 13.2. The van der Waals surface area contributed by atoms with Crippen molar-refractivity contribution in [3.63, 3.8) is 0 Å². The summed E-state index contributed by atoms with van der Waals surface area (Å²) >= 11 is 0. The Hall–Kier alpha value is -0.865. The third-order valence-electron chi connectivity index (χ3n) is 2.03. The molecule has 0 spiro atoms. The minimum Gasteiger partial charge on any atom is -0.423 e. The third kappa shape index (κ3) is 2.08. The quantitative estimate of drug-likeness (QED) is 0.649. The van der Waals surface area contributed by atoms with Crippen molar-refractivity contribution in [3.8, 4) is 0 Å². The van der Waals surface area contributed by atoms with Crippen LogP contribution in [0.25, 0.3) is 0 Å². The van der Waals surface area contributed by atoms with E-state index in [1.165, 1.54) is 6.07 Å². The van der Waals surface area contributed by atoms with Crippen molar-refractivity contribution in [2.45, 2.75) is 20.3 Å². The van der Waals surface area contributed by atoms with Crippen molar-refractivity contribution in [3.05, 3.63) is 29.1 Å². The van der Waals surface area contributed by atoms with Crippen LogP contribution in [0.2, 0.25) is 0 Å². The fourth-order valence-corrected chi connectivity index (χ4v) is 1.27. The molecule has 0 aliphatic heterocycles. The molecule has 0 radical (unpaired) electrons. The Labute approximate surface area is 77.2 Å². The number of aryl methyl sites for hydroxylation is 2. The van der Waals surface area contributed by atoms with Gasteiger partial charge in [0.25, 0.3) is 0 Å². The zero-order chi connectivity index (χ0) is 10.0. The molecular weight excluding hydrogens is 170 g/mol. The van der Waals surface area contributed by atoms with Crippen LogP contribution in [0.4, 0.5) is 4.39 Å². The van der Waals surface area contributed by atoms with Gasteiger partial charge in [-0.2, -0.15) is 0 Å². The van der Waals surface area contributed by atoms with E-state index in [1.54, 1.807) is 13.0 Å². The van der Waals surface area contributed by atoms with Crippen LogP contribution >= 0.6 is 0 Å². The average Bonchev–Trinajstić information content (AvgIpc) is 2.09. The normalized spacial score (nSPS) is 10.2. The van der Waals surface area contributed by atoms with Gasteiger partial charge >= 0.3 is 7.12 Å². The molecule has 1 rings (SSSR count). The molecule has 0 fully saturated rings. The highest BCUT2D eigenvalue weighted by Crippen LogP contribution is 2.08. The van der Waals surface area contributed by atoms with Crippen molar-refractivity contribution < 1.29 is 14.4 Å². The van der Waals surface area contributed by atoms with E-state index in [9.17, 15) is 4.39 Å². The fourth-order valence-electron chi connectivity index (χ4n) is 1.27. The van der Waals surface area contributed by atoms with Crippen molar-refractivity contribution in [1.82, 2.24) is 0 Å². The van der Waals surface area contributed by atoms with Crippen molar-refractivity contribution in [1.29, 1.82) is 0 Å². The van der Waals surface area contributed by atoms with Gasteiger partial charge in [0, 0.05) is 5.46 Å². The van der Waals surface area contributed by atoms with Gasteiger partial charge in [-0.3, -0.25) is 0 Å². The lowest BCUT2D eigenvalue weighted by molar-refractivity contribution is 0.422.